The van der Waals surface area contributed by atoms with E-state index in [9.17, 15) is 10.1 Å². The average Bonchev–Trinajstić information content (AvgIpc) is 2.55. The number of nitrogens with zero attached hydrogens (tertiary/aromatic N) is 1. The fourth-order valence-electron chi connectivity index (χ4n) is 2.05. The maximum atomic E-state index is 11.1. The van der Waals surface area contributed by atoms with Gasteiger partial charge in [-0.1, -0.05) is 24.3 Å². The number of hydrogen-bond acceptors (Lipinski definition) is 4. The fourth-order valence-corrected chi connectivity index (χ4v) is 2.05. The van der Waals surface area contributed by atoms with Gasteiger partial charge in [0, 0.05) is 5.56 Å². The van der Waals surface area contributed by atoms with Crippen LogP contribution in [0.3, 0.4) is 0 Å². The Morgan fingerprint density at radius 1 is 1.05 bits per heavy atom. The summed E-state index contributed by atoms with van der Waals surface area (Å²) in [4.78, 5) is 10.7. The van der Waals surface area contributed by atoms with Crippen LogP contribution in [0.4, 0.5) is 5.69 Å². The van der Waals surface area contributed by atoms with Crippen molar-refractivity contribution < 1.29 is 14.4 Å². The normalized spacial score (nSPS) is 10.6. The van der Waals surface area contributed by atoms with Crippen molar-refractivity contribution in [2.24, 2.45) is 0 Å². The van der Waals surface area contributed by atoms with E-state index in [1.807, 2.05) is 36.4 Å². The van der Waals surface area contributed by atoms with Gasteiger partial charge < -0.3 is 9.47 Å². The van der Waals surface area contributed by atoms with E-state index in [4.69, 9.17) is 9.47 Å². The van der Waals surface area contributed by atoms with Gasteiger partial charge in [-0.3, -0.25) is 10.1 Å². The largest absolute Gasteiger partial charge is 0.497 e. The molecule has 0 atom stereocenters. The number of hydrogen-bond donors (Lipinski definition) is 0. The molecule has 0 unspecified atom stereocenters. The first kappa shape index (κ1) is 15.6. The van der Waals surface area contributed by atoms with Gasteiger partial charge in [-0.2, -0.15) is 0 Å². The van der Waals surface area contributed by atoms with Crippen molar-refractivity contribution >= 4 is 11.8 Å². The van der Waals surface area contributed by atoms with Gasteiger partial charge in [0.1, 0.15) is 11.5 Å². The minimum atomic E-state index is -0.390. The van der Waals surface area contributed by atoms with Crippen LogP contribution in [-0.4, -0.2) is 19.1 Å². The van der Waals surface area contributed by atoms with Crippen LogP contribution in [0.1, 0.15) is 11.1 Å². The minimum absolute atomic E-state index is 0.0683. The molecule has 114 valence electrons. The molecule has 22 heavy (non-hydrogen) atoms. The molecule has 0 saturated carbocycles. The molecule has 2 aromatic rings. The number of nitro benzene ring substituents is 1. The molecule has 0 heterocycles. The lowest BCUT2D eigenvalue weighted by Crippen LogP contribution is -1.95. The minimum Gasteiger partial charge on any atom is -0.497 e. The second-order valence-electron chi connectivity index (χ2n) is 4.63. The highest BCUT2D eigenvalue weighted by atomic mass is 16.6. The number of methoxy groups -OCH3 is 2. The highest BCUT2D eigenvalue weighted by Crippen LogP contribution is 2.25. The van der Waals surface area contributed by atoms with Gasteiger partial charge in [-0.05, 0) is 36.2 Å². The van der Waals surface area contributed by atoms with Gasteiger partial charge in [-0.15, -0.1) is 0 Å². The zero-order chi connectivity index (χ0) is 15.9. The van der Waals surface area contributed by atoms with E-state index in [2.05, 4.69) is 0 Å². The van der Waals surface area contributed by atoms with Crippen molar-refractivity contribution in [3.05, 3.63) is 69.8 Å². The van der Waals surface area contributed by atoms with Crippen molar-refractivity contribution in [1.29, 1.82) is 0 Å². The Balaban J connectivity index is 2.13. The van der Waals surface area contributed by atoms with Gasteiger partial charge in [0.2, 0.25) is 0 Å². The molecule has 2 aromatic carbocycles. The number of ether oxygens (including phenoxy) is 2. The standard InChI is InChI=1S/C17H17NO4/c1-21-15-9-6-13(7-10-15)4-3-5-14-8-11-16(22-2)12-17(14)18(19)20/h3-4,6-12H,5H2,1-2H3/b4-3+. The van der Waals surface area contributed by atoms with E-state index in [-0.39, 0.29) is 10.6 Å². The van der Waals surface area contributed by atoms with Crippen LogP contribution >= 0.6 is 0 Å². The molecule has 0 aliphatic rings. The summed E-state index contributed by atoms with van der Waals surface area (Å²) in [5.41, 5.74) is 1.73. The molecular formula is C17H17NO4. The quantitative estimate of drug-likeness (QED) is 0.600. The first-order valence-electron chi connectivity index (χ1n) is 6.76. The molecule has 0 saturated heterocycles. The zero-order valence-electron chi connectivity index (χ0n) is 12.5. The Morgan fingerprint density at radius 3 is 2.27 bits per heavy atom. The molecule has 0 amide bonds. The Kier molecular flexibility index (Phi) is 5.14. The zero-order valence-corrected chi connectivity index (χ0v) is 12.5. The Labute approximate surface area is 129 Å². The van der Waals surface area contributed by atoms with Crippen LogP contribution in [0.2, 0.25) is 0 Å². The lowest BCUT2D eigenvalue weighted by Gasteiger charge is -2.03. The van der Waals surface area contributed by atoms with Crippen molar-refractivity contribution in [3.63, 3.8) is 0 Å². The van der Waals surface area contributed by atoms with Crippen molar-refractivity contribution in [1.82, 2.24) is 0 Å². The summed E-state index contributed by atoms with van der Waals surface area (Å²) < 4.78 is 10.1. The van der Waals surface area contributed by atoms with Crippen molar-refractivity contribution in [2.75, 3.05) is 14.2 Å². The lowest BCUT2D eigenvalue weighted by molar-refractivity contribution is -0.385. The van der Waals surface area contributed by atoms with Gasteiger partial charge in [0.05, 0.1) is 25.2 Å². The van der Waals surface area contributed by atoms with E-state index in [1.165, 1.54) is 13.2 Å². The molecule has 0 radical (unpaired) electrons. The summed E-state index contributed by atoms with van der Waals surface area (Å²) in [7, 11) is 3.11. The second kappa shape index (κ2) is 7.26. The predicted octanol–water partition coefficient (Wildman–Crippen LogP) is 3.87. The summed E-state index contributed by atoms with van der Waals surface area (Å²) in [5, 5.41) is 11.1. The van der Waals surface area contributed by atoms with Gasteiger partial charge in [-0.25, -0.2) is 0 Å². The van der Waals surface area contributed by atoms with Crippen LogP contribution in [0.25, 0.3) is 6.08 Å². The van der Waals surface area contributed by atoms with E-state index in [0.29, 0.717) is 17.7 Å². The highest BCUT2D eigenvalue weighted by molar-refractivity contribution is 5.53. The average molecular weight is 299 g/mol. The summed E-state index contributed by atoms with van der Waals surface area (Å²) in [6.45, 7) is 0. The monoisotopic (exact) mass is 299 g/mol. The van der Waals surface area contributed by atoms with E-state index >= 15 is 0 Å². The number of rotatable bonds is 6. The first-order chi connectivity index (χ1) is 10.6. The summed E-state index contributed by atoms with van der Waals surface area (Å²) in [5.74, 6) is 1.28. The first-order valence-corrected chi connectivity index (χ1v) is 6.76. The topological polar surface area (TPSA) is 61.6 Å². The third-order valence-corrected chi connectivity index (χ3v) is 3.25. The van der Waals surface area contributed by atoms with Gasteiger partial charge in [0.25, 0.3) is 5.69 Å². The molecule has 0 spiro atoms. The molecule has 5 heteroatoms. The molecule has 2 rings (SSSR count). The van der Waals surface area contributed by atoms with Crippen LogP contribution in [0, 0.1) is 10.1 Å². The third kappa shape index (κ3) is 3.85. The molecule has 0 N–H and O–H groups in total. The van der Waals surface area contributed by atoms with Crippen molar-refractivity contribution in [3.8, 4) is 11.5 Å². The number of benzene rings is 2. The maximum absolute atomic E-state index is 11.1. The SMILES string of the molecule is COc1ccc(/C=C/Cc2ccc(OC)cc2[N+](=O)[O-])cc1. The Bertz CT molecular complexity index is 678. The van der Waals surface area contributed by atoms with Crippen LogP contribution in [-0.2, 0) is 6.42 Å². The fraction of sp³-hybridized carbons (Fsp3) is 0.176. The number of allylic oxidation sites excluding steroid dienone is 1. The molecule has 5 nitrogen and oxygen atoms in total. The molecule has 0 aliphatic carbocycles. The molecule has 0 aliphatic heterocycles. The summed E-state index contributed by atoms with van der Waals surface area (Å²) in [6, 6.07) is 12.5. The van der Waals surface area contributed by atoms with Crippen LogP contribution < -0.4 is 9.47 Å². The van der Waals surface area contributed by atoms with E-state index < -0.39 is 0 Å². The lowest BCUT2D eigenvalue weighted by atomic mass is 10.1. The Hall–Kier alpha value is -2.82. The van der Waals surface area contributed by atoms with Crippen molar-refractivity contribution in [2.45, 2.75) is 6.42 Å². The molecular weight excluding hydrogens is 282 g/mol. The van der Waals surface area contributed by atoms with E-state index in [1.54, 1.807) is 19.2 Å². The third-order valence-electron chi connectivity index (χ3n) is 3.25. The second-order valence-corrected chi connectivity index (χ2v) is 4.63. The smallest absolute Gasteiger partial charge is 0.276 e. The highest BCUT2D eigenvalue weighted by Gasteiger charge is 2.13. The van der Waals surface area contributed by atoms with E-state index in [0.717, 1.165) is 11.3 Å². The summed E-state index contributed by atoms with van der Waals surface area (Å²) in [6.07, 6.45) is 4.30. The van der Waals surface area contributed by atoms with Gasteiger partial charge in [0.15, 0.2) is 0 Å². The predicted molar refractivity (Wildman–Crippen MR) is 85.4 cm³/mol. The Morgan fingerprint density at radius 2 is 1.68 bits per heavy atom. The van der Waals surface area contributed by atoms with Gasteiger partial charge >= 0.3 is 0 Å². The molecule has 0 fully saturated rings. The molecule has 0 bridgehead atoms. The van der Waals surface area contributed by atoms with Crippen LogP contribution in [0.5, 0.6) is 11.5 Å². The summed E-state index contributed by atoms with van der Waals surface area (Å²) >= 11 is 0. The number of nitro groups is 1. The maximum Gasteiger partial charge on any atom is 0.276 e. The molecule has 0 aromatic heterocycles. The van der Waals surface area contributed by atoms with Crippen LogP contribution in [0.15, 0.2) is 48.5 Å².